The number of morpholine rings is 1. The number of ether oxygens (including phenoxy) is 4. The highest BCUT2D eigenvalue weighted by Gasteiger charge is 2.31. The van der Waals surface area contributed by atoms with Crippen LogP contribution in [0.25, 0.3) is 17.2 Å². The van der Waals surface area contributed by atoms with Crippen LogP contribution < -0.4 is 14.2 Å². The highest BCUT2D eigenvalue weighted by molar-refractivity contribution is 8.26. The van der Waals surface area contributed by atoms with E-state index >= 15 is 0 Å². The van der Waals surface area contributed by atoms with Crippen LogP contribution in [-0.4, -0.2) is 103 Å². The van der Waals surface area contributed by atoms with Crippen molar-refractivity contribution >= 4 is 46.3 Å². The molecule has 10 nitrogen and oxygen atoms in total. The predicted octanol–water partition coefficient (Wildman–Crippen LogP) is 4.59. The SMILES string of the molecule is COc1ccc(-c2cc(C=C3SC(=S)N(CCc4ccc(C(=O)O)cc4)C3=O)ccc2OCCN2CCOCC2)cc1OCCO. The number of thiocarbonyl (C=S) groups is 1. The van der Waals surface area contributed by atoms with Gasteiger partial charge >= 0.3 is 5.97 Å². The molecule has 0 atom stereocenters. The summed E-state index contributed by atoms with van der Waals surface area (Å²) in [5.41, 5.74) is 3.57. The van der Waals surface area contributed by atoms with E-state index in [1.807, 2.05) is 42.5 Å². The third-order valence-corrected chi connectivity index (χ3v) is 8.97. The summed E-state index contributed by atoms with van der Waals surface area (Å²) < 4.78 is 23.4. The third-order valence-electron chi connectivity index (χ3n) is 7.59. The van der Waals surface area contributed by atoms with Crippen molar-refractivity contribution in [3.8, 4) is 28.4 Å². The molecule has 2 heterocycles. The van der Waals surface area contributed by atoms with Gasteiger partial charge in [0.15, 0.2) is 11.5 Å². The van der Waals surface area contributed by atoms with Gasteiger partial charge in [0, 0.05) is 31.7 Å². The van der Waals surface area contributed by atoms with Gasteiger partial charge in [0.05, 0.1) is 37.4 Å². The fourth-order valence-corrected chi connectivity index (χ4v) is 6.42. The maximum atomic E-state index is 13.4. The number of aliphatic hydroxyl groups excluding tert-OH is 1. The summed E-state index contributed by atoms with van der Waals surface area (Å²) in [7, 11) is 1.56. The van der Waals surface area contributed by atoms with Gasteiger partial charge in [0.25, 0.3) is 5.91 Å². The maximum Gasteiger partial charge on any atom is 0.335 e. The van der Waals surface area contributed by atoms with Crippen LogP contribution in [0.2, 0.25) is 0 Å². The fraction of sp³-hybridized carbons (Fsp3) is 0.324. The Morgan fingerprint density at radius 2 is 1.72 bits per heavy atom. The van der Waals surface area contributed by atoms with Crippen LogP contribution >= 0.6 is 24.0 Å². The normalized spacial score (nSPS) is 16.2. The molecule has 1 amide bonds. The van der Waals surface area contributed by atoms with Crippen molar-refractivity contribution in [3.05, 3.63) is 82.3 Å². The lowest BCUT2D eigenvalue weighted by molar-refractivity contribution is -0.122. The molecule has 5 rings (SSSR count). The van der Waals surface area contributed by atoms with Crippen LogP contribution in [0.4, 0.5) is 0 Å². The molecular weight excluding hydrogens is 629 g/mol. The highest BCUT2D eigenvalue weighted by Crippen LogP contribution is 2.39. The second kappa shape index (κ2) is 16.1. The Morgan fingerprint density at radius 1 is 0.978 bits per heavy atom. The summed E-state index contributed by atoms with van der Waals surface area (Å²) in [5, 5.41) is 18.4. The number of carboxylic acid groups (broad SMARTS) is 1. The lowest BCUT2D eigenvalue weighted by atomic mass is 10.0. The Morgan fingerprint density at radius 3 is 2.43 bits per heavy atom. The molecule has 0 spiro atoms. The first kappa shape index (κ1) is 33.4. The number of rotatable bonds is 14. The number of carboxylic acids is 1. The molecule has 2 aliphatic heterocycles. The van der Waals surface area contributed by atoms with Gasteiger partial charge in [-0.3, -0.25) is 14.6 Å². The molecule has 46 heavy (non-hydrogen) atoms. The second-order valence-corrected chi connectivity index (χ2v) is 12.3. The van der Waals surface area contributed by atoms with Crippen LogP contribution in [-0.2, 0) is 16.0 Å². The largest absolute Gasteiger partial charge is 0.493 e. The number of hydrogen-bond acceptors (Lipinski definition) is 10. The van der Waals surface area contributed by atoms with Gasteiger partial charge in [-0.2, -0.15) is 0 Å². The Bertz CT molecular complexity index is 1590. The highest BCUT2D eigenvalue weighted by atomic mass is 32.2. The van der Waals surface area contributed by atoms with E-state index in [1.54, 1.807) is 36.3 Å². The molecule has 2 saturated heterocycles. The molecule has 0 saturated carbocycles. The number of nitrogens with zero attached hydrogens (tertiary/aromatic N) is 2. The zero-order valence-electron chi connectivity index (χ0n) is 25.5. The lowest BCUT2D eigenvalue weighted by Gasteiger charge is -2.26. The molecule has 0 aliphatic carbocycles. The summed E-state index contributed by atoms with van der Waals surface area (Å²) in [5.74, 6) is 0.576. The Hall–Kier alpha value is -3.94. The van der Waals surface area contributed by atoms with Gasteiger partial charge in [-0.15, -0.1) is 0 Å². The minimum atomic E-state index is -0.980. The molecule has 0 unspecified atom stereocenters. The molecular formula is C34H36N2O8S2. The minimum absolute atomic E-state index is 0.123. The molecule has 3 aromatic rings. The molecule has 2 aliphatic rings. The summed E-state index contributed by atoms with van der Waals surface area (Å²) in [6.45, 7) is 4.81. The zero-order valence-corrected chi connectivity index (χ0v) is 27.1. The quantitative estimate of drug-likeness (QED) is 0.186. The number of aliphatic hydroxyl groups is 1. The van der Waals surface area contributed by atoms with Gasteiger partial charge in [-0.1, -0.05) is 48.2 Å². The van der Waals surface area contributed by atoms with Crippen LogP contribution in [0, 0.1) is 0 Å². The van der Waals surface area contributed by atoms with E-state index in [4.69, 9.17) is 36.3 Å². The zero-order chi connectivity index (χ0) is 32.5. The number of thioether (sulfide) groups is 1. The molecule has 0 radical (unpaired) electrons. The molecule has 0 bridgehead atoms. The number of carbonyl (C=O) groups excluding carboxylic acids is 1. The van der Waals surface area contributed by atoms with Crippen LogP contribution in [0.15, 0.2) is 65.6 Å². The standard InChI is InChI=1S/C34H36N2O8S2/c1-41-29-9-7-26(22-30(29)44-19-15-37)27-20-24(4-8-28(27)43-18-14-35-12-16-42-17-13-35)21-31-32(38)36(34(45)46-31)11-10-23-2-5-25(6-3-23)33(39)40/h2-9,20-22,37H,10-19H2,1H3,(H,39,40). The van der Waals surface area contributed by atoms with Crippen LogP contribution in [0.5, 0.6) is 17.2 Å². The van der Waals surface area contributed by atoms with Crippen molar-refractivity contribution in [2.75, 3.05) is 66.3 Å². The van der Waals surface area contributed by atoms with E-state index < -0.39 is 5.97 Å². The molecule has 3 aromatic carbocycles. The molecule has 0 aromatic heterocycles. The first-order valence-electron chi connectivity index (χ1n) is 14.9. The van der Waals surface area contributed by atoms with E-state index in [2.05, 4.69) is 4.90 Å². The van der Waals surface area contributed by atoms with Crippen LogP contribution in [0.1, 0.15) is 21.5 Å². The number of hydrogen-bond donors (Lipinski definition) is 2. The summed E-state index contributed by atoms with van der Waals surface area (Å²) >= 11 is 6.81. The van der Waals surface area contributed by atoms with E-state index in [0.29, 0.717) is 59.3 Å². The van der Waals surface area contributed by atoms with Crippen molar-refractivity contribution in [1.29, 1.82) is 0 Å². The van der Waals surface area contributed by atoms with E-state index in [-0.39, 0.29) is 24.7 Å². The van der Waals surface area contributed by atoms with E-state index in [9.17, 15) is 14.7 Å². The van der Waals surface area contributed by atoms with Gasteiger partial charge in [0.2, 0.25) is 0 Å². The average molecular weight is 665 g/mol. The second-order valence-electron chi connectivity index (χ2n) is 10.6. The summed E-state index contributed by atoms with van der Waals surface area (Å²) in [6, 6.07) is 18.0. The first-order valence-corrected chi connectivity index (χ1v) is 16.2. The van der Waals surface area contributed by atoms with Crippen molar-refractivity contribution in [1.82, 2.24) is 9.80 Å². The Balaban J connectivity index is 1.36. The summed E-state index contributed by atoms with van der Waals surface area (Å²) in [6.07, 6.45) is 2.37. The first-order chi connectivity index (χ1) is 22.4. The van der Waals surface area contributed by atoms with Crippen molar-refractivity contribution in [2.24, 2.45) is 0 Å². The van der Waals surface area contributed by atoms with Crippen molar-refractivity contribution < 1.29 is 38.7 Å². The Labute approximate surface area is 277 Å². The monoisotopic (exact) mass is 664 g/mol. The fourth-order valence-electron chi connectivity index (χ4n) is 5.11. The van der Waals surface area contributed by atoms with Gasteiger partial charge in [0.1, 0.15) is 23.3 Å². The van der Waals surface area contributed by atoms with E-state index in [1.165, 1.54) is 11.8 Å². The smallest absolute Gasteiger partial charge is 0.335 e. The van der Waals surface area contributed by atoms with Gasteiger partial charge in [-0.05, 0) is 65.6 Å². The topological polar surface area (TPSA) is 118 Å². The van der Waals surface area contributed by atoms with Crippen molar-refractivity contribution in [2.45, 2.75) is 6.42 Å². The molecule has 2 N–H and O–H groups in total. The van der Waals surface area contributed by atoms with Crippen LogP contribution in [0.3, 0.4) is 0 Å². The summed E-state index contributed by atoms with van der Waals surface area (Å²) in [4.78, 5) is 28.9. The van der Waals surface area contributed by atoms with Gasteiger partial charge < -0.3 is 29.2 Å². The molecule has 2 fully saturated rings. The number of methoxy groups -OCH3 is 1. The average Bonchev–Trinajstić information content (AvgIpc) is 3.34. The third kappa shape index (κ3) is 8.45. The Kier molecular flexibility index (Phi) is 11.7. The maximum absolute atomic E-state index is 13.4. The lowest BCUT2D eigenvalue weighted by Crippen LogP contribution is -2.38. The van der Waals surface area contributed by atoms with Gasteiger partial charge in [-0.25, -0.2) is 4.79 Å². The molecule has 242 valence electrons. The minimum Gasteiger partial charge on any atom is -0.493 e. The molecule has 12 heteroatoms. The van der Waals surface area contributed by atoms with Crippen molar-refractivity contribution in [3.63, 3.8) is 0 Å². The number of aromatic carboxylic acids is 1. The number of amides is 1. The van der Waals surface area contributed by atoms with E-state index in [0.717, 1.165) is 41.9 Å². The number of benzene rings is 3. The predicted molar refractivity (Wildman–Crippen MR) is 181 cm³/mol. The number of carbonyl (C=O) groups is 2.